The van der Waals surface area contributed by atoms with Gasteiger partial charge in [0.15, 0.2) is 0 Å². The van der Waals surface area contributed by atoms with Crippen LogP contribution in [0.2, 0.25) is 0 Å². The van der Waals surface area contributed by atoms with Crippen molar-refractivity contribution in [1.82, 2.24) is 10.2 Å². The Morgan fingerprint density at radius 2 is 2.06 bits per heavy atom. The number of hydrogen-bond donors (Lipinski definition) is 2. The van der Waals surface area contributed by atoms with Crippen LogP contribution in [-0.2, 0) is 4.79 Å². The van der Waals surface area contributed by atoms with Gasteiger partial charge in [0.2, 0.25) is 5.91 Å². The van der Waals surface area contributed by atoms with E-state index in [-0.39, 0.29) is 11.8 Å². The quantitative estimate of drug-likeness (QED) is 0.722. The van der Waals surface area contributed by atoms with Crippen molar-refractivity contribution in [3.8, 4) is 0 Å². The number of nitrogens with zero attached hydrogens (tertiary/aromatic N) is 1. The third-order valence-corrected chi connectivity index (χ3v) is 3.91. The fraction of sp³-hybridized carbons (Fsp3) is 0.929. The molecule has 0 spiro atoms. The lowest BCUT2D eigenvalue weighted by molar-refractivity contribution is -0.125. The van der Waals surface area contributed by atoms with Crippen LogP contribution in [0.4, 0.5) is 0 Å². The Balaban J connectivity index is 2.24. The van der Waals surface area contributed by atoms with Gasteiger partial charge in [-0.1, -0.05) is 20.3 Å². The summed E-state index contributed by atoms with van der Waals surface area (Å²) in [6.07, 6.45) is 5.53. The Morgan fingerprint density at radius 1 is 1.39 bits per heavy atom. The van der Waals surface area contributed by atoms with Gasteiger partial charge in [0.05, 0.1) is 0 Å². The number of likely N-dealkylation sites (tertiary alicyclic amines) is 1. The first-order valence-corrected chi connectivity index (χ1v) is 7.44. The first kappa shape index (κ1) is 15.4. The van der Waals surface area contributed by atoms with Crippen molar-refractivity contribution in [2.45, 2.75) is 52.0 Å². The summed E-state index contributed by atoms with van der Waals surface area (Å²) in [4.78, 5) is 14.4. The van der Waals surface area contributed by atoms with Crippen molar-refractivity contribution in [3.05, 3.63) is 0 Å². The minimum absolute atomic E-state index is 0.0110. The van der Waals surface area contributed by atoms with Gasteiger partial charge in [0, 0.05) is 31.6 Å². The van der Waals surface area contributed by atoms with Crippen LogP contribution < -0.4 is 11.1 Å². The average molecular weight is 255 g/mol. The number of nitrogens with two attached hydrogens (primary N) is 1. The highest BCUT2D eigenvalue weighted by atomic mass is 16.1. The fourth-order valence-corrected chi connectivity index (χ4v) is 2.46. The lowest BCUT2D eigenvalue weighted by Gasteiger charge is -2.32. The monoisotopic (exact) mass is 255 g/mol. The highest BCUT2D eigenvalue weighted by Crippen LogP contribution is 2.12. The van der Waals surface area contributed by atoms with Crippen LogP contribution in [0.1, 0.15) is 46.0 Å². The van der Waals surface area contributed by atoms with Gasteiger partial charge in [0.1, 0.15) is 0 Å². The Labute approximate surface area is 111 Å². The van der Waals surface area contributed by atoms with Crippen LogP contribution in [0.15, 0.2) is 0 Å². The van der Waals surface area contributed by atoms with E-state index in [4.69, 9.17) is 5.73 Å². The third-order valence-electron chi connectivity index (χ3n) is 3.91. The smallest absolute Gasteiger partial charge is 0.224 e. The Kier molecular flexibility index (Phi) is 7.28. The van der Waals surface area contributed by atoms with E-state index in [0.717, 1.165) is 32.4 Å². The second kappa shape index (κ2) is 8.48. The zero-order chi connectivity index (χ0) is 13.4. The molecule has 0 saturated carbocycles. The minimum atomic E-state index is -0.0110. The van der Waals surface area contributed by atoms with Crippen LogP contribution in [0, 0.1) is 5.92 Å². The molecule has 0 radical (unpaired) electrons. The maximum absolute atomic E-state index is 11.9. The summed E-state index contributed by atoms with van der Waals surface area (Å²) in [6.45, 7) is 8.14. The van der Waals surface area contributed by atoms with Crippen molar-refractivity contribution in [2.75, 3.05) is 26.2 Å². The molecule has 0 aromatic carbocycles. The number of carbonyl (C=O) groups excluding carboxylic acids is 1. The van der Waals surface area contributed by atoms with Crippen LogP contribution in [0.3, 0.4) is 0 Å². The van der Waals surface area contributed by atoms with Crippen molar-refractivity contribution in [2.24, 2.45) is 11.7 Å². The molecule has 3 N–H and O–H groups in total. The molecular formula is C14H29N3O. The molecule has 1 heterocycles. The van der Waals surface area contributed by atoms with Gasteiger partial charge >= 0.3 is 0 Å². The van der Waals surface area contributed by atoms with E-state index in [0.29, 0.717) is 12.6 Å². The first-order chi connectivity index (χ1) is 8.71. The first-order valence-electron chi connectivity index (χ1n) is 7.44. The number of unbranched alkanes of at least 4 members (excludes halogenated alkanes) is 1. The van der Waals surface area contributed by atoms with Crippen LogP contribution in [-0.4, -0.2) is 43.0 Å². The number of nitrogens with one attached hydrogen (secondary N) is 1. The summed E-state index contributed by atoms with van der Waals surface area (Å²) >= 11 is 0. The van der Waals surface area contributed by atoms with Crippen LogP contribution in [0.25, 0.3) is 0 Å². The molecule has 0 aliphatic carbocycles. The molecule has 1 rings (SSSR count). The van der Waals surface area contributed by atoms with Crippen molar-refractivity contribution in [3.63, 3.8) is 0 Å². The summed E-state index contributed by atoms with van der Waals surface area (Å²) in [5.41, 5.74) is 5.60. The summed E-state index contributed by atoms with van der Waals surface area (Å²) in [7, 11) is 0. The van der Waals surface area contributed by atoms with E-state index in [9.17, 15) is 4.79 Å². The zero-order valence-electron chi connectivity index (χ0n) is 12.0. The second-order valence-corrected chi connectivity index (χ2v) is 5.32. The molecule has 0 aromatic rings. The fourth-order valence-electron chi connectivity index (χ4n) is 2.46. The average Bonchev–Trinajstić information content (AvgIpc) is 2.39. The van der Waals surface area contributed by atoms with E-state index >= 15 is 0 Å². The van der Waals surface area contributed by atoms with Crippen LogP contribution >= 0.6 is 0 Å². The topological polar surface area (TPSA) is 58.4 Å². The number of piperidine rings is 1. The van der Waals surface area contributed by atoms with Gasteiger partial charge in [-0.05, 0) is 32.2 Å². The number of hydrogen-bond acceptors (Lipinski definition) is 3. The predicted octanol–water partition coefficient (Wildman–Crippen LogP) is 1.35. The lowest BCUT2D eigenvalue weighted by Crippen LogP contribution is -2.47. The van der Waals surface area contributed by atoms with Crippen LogP contribution in [0.5, 0.6) is 0 Å². The predicted molar refractivity (Wildman–Crippen MR) is 75.3 cm³/mol. The molecule has 1 amide bonds. The lowest BCUT2D eigenvalue weighted by atomic mass is 10.0. The molecule has 1 saturated heterocycles. The maximum atomic E-state index is 11.9. The number of carbonyl (C=O) groups is 1. The summed E-state index contributed by atoms with van der Waals surface area (Å²) in [6, 6.07) is 0.357. The molecule has 1 atom stereocenters. The van der Waals surface area contributed by atoms with E-state index in [1.54, 1.807) is 0 Å². The molecule has 0 bridgehead atoms. The van der Waals surface area contributed by atoms with Gasteiger partial charge in [0.25, 0.3) is 0 Å². The molecule has 4 heteroatoms. The Bertz CT molecular complexity index is 233. The van der Waals surface area contributed by atoms with Gasteiger partial charge < -0.3 is 16.0 Å². The SMILES string of the molecule is CCCCN1CCC(NC(=O)C(CC)CN)CC1. The molecule has 0 aromatic heterocycles. The Hall–Kier alpha value is -0.610. The molecule has 106 valence electrons. The Morgan fingerprint density at radius 3 is 2.56 bits per heavy atom. The van der Waals surface area contributed by atoms with Gasteiger partial charge in [-0.3, -0.25) is 4.79 Å². The number of rotatable bonds is 7. The molecule has 4 nitrogen and oxygen atoms in total. The largest absolute Gasteiger partial charge is 0.353 e. The normalized spacial score (nSPS) is 19.7. The number of amides is 1. The minimum Gasteiger partial charge on any atom is -0.353 e. The molecule has 18 heavy (non-hydrogen) atoms. The van der Waals surface area contributed by atoms with Crippen molar-refractivity contribution >= 4 is 5.91 Å². The maximum Gasteiger partial charge on any atom is 0.224 e. The van der Waals surface area contributed by atoms with E-state index in [2.05, 4.69) is 17.1 Å². The van der Waals surface area contributed by atoms with Crippen molar-refractivity contribution in [1.29, 1.82) is 0 Å². The molecule has 1 unspecified atom stereocenters. The molecular weight excluding hydrogens is 226 g/mol. The van der Waals surface area contributed by atoms with E-state index in [1.165, 1.54) is 19.4 Å². The standard InChI is InChI=1S/C14H29N3O/c1-3-5-8-17-9-6-13(7-10-17)16-14(18)12(4-2)11-15/h12-13H,3-11,15H2,1-2H3,(H,16,18). The van der Waals surface area contributed by atoms with Gasteiger partial charge in [-0.2, -0.15) is 0 Å². The summed E-state index contributed by atoms with van der Waals surface area (Å²) < 4.78 is 0. The second-order valence-electron chi connectivity index (χ2n) is 5.32. The van der Waals surface area contributed by atoms with Gasteiger partial charge in [-0.25, -0.2) is 0 Å². The third kappa shape index (κ3) is 4.94. The molecule has 1 aliphatic rings. The molecule has 1 fully saturated rings. The summed E-state index contributed by atoms with van der Waals surface area (Å²) in [5.74, 6) is 0.134. The summed E-state index contributed by atoms with van der Waals surface area (Å²) in [5, 5.41) is 3.15. The highest BCUT2D eigenvalue weighted by molar-refractivity contribution is 5.79. The van der Waals surface area contributed by atoms with Crippen molar-refractivity contribution < 1.29 is 4.79 Å². The molecule has 1 aliphatic heterocycles. The van der Waals surface area contributed by atoms with Gasteiger partial charge in [-0.15, -0.1) is 0 Å². The highest BCUT2D eigenvalue weighted by Gasteiger charge is 2.22. The zero-order valence-corrected chi connectivity index (χ0v) is 12.0. The van der Waals surface area contributed by atoms with E-state index in [1.807, 2.05) is 6.92 Å². The van der Waals surface area contributed by atoms with E-state index < -0.39 is 0 Å².